The summed E-state index contributed by atoms with van der Waals surface area (Å²) in [6.45, 7) is 4.54. The third kappa shape index (κ3) is 3.46. The highest BCUT2D eigenvalue weighted by Gasteiger charge is 2.26. The van der Waals surface area contributed by atoms with Crippen LogP contribution in [0.5, 0.6) is 0 Å². The van der Waals surface area contributed by atoms with Gasteiger partial charge in [0.05, 0.1) is 11.8 Å². The van der Waals surface area contributed by atoms with E-state index >= 15 is 0 Å². The summed E-state index contributed by atoms with van der Waals surface area (Å²) in [5, 5.41) is 10.3. The van der Waals surface area contributed by atoms with E-state index in [1.807, 2.05) is 31.2 Å². The van der Waals surface area contributed by atoms with E-state index in [1.54, 1.807) is 6.26 Å². The lowest BCUT2D eigenvalue weighted by molar-refractivity contribution is 0.127. The van der Waals surface area contributed by atoms with E-state index in [1.165, 1.54) is 0 Å². The van der Waals surface area contributed by atoms with E-state index in [-0.39, 0.29) is 6.10 Å². The van der Waals surface area contributed by atoms with Crippen LogP contribution in [0, 0.1) is 5.92 Å². The van der Waals surface area contributed by atoms with Crippen molar-refractivity contribution in [2.45, 2.75) is 26.0 Å². The van der Waals surface area contributed by atoms with E-state index in [0.29, 0.717) is 16.8 Å². The fourth-order valence-corrected chi connectivity index (χ4v) is 2.86. The molecule has 112 valence electrons. The average Bonchev–Trinajstić information content (AvgIpc) is 3.10. The topological polar surface area (TPSA) is 49.5 Å². The first-order valence-electron chi connectivity index (χ1n) is 7.22. The number of hydrogen-bond acceptors (Lipinski definition) is 4. The van der Waals surface area contributed by atoms with E-state index in [2.05, 4.69) is 9.88 Å². The SMILES string of the molecule is CC(O)C1CCN(Cc2coc(-c3ccc(Cl)cc3)n2)C1. The van der Waals surface area contributed by atoms with Gasteiger partial charge in [0.2, 0.25) is 5.89 Å². The smallest absolute Gasteiger partial charge is 0.226 e. The Morgan fingerprint density at radius 1 is 1.43 bits per heavy atom. The van der Waals surface area contributed by atoms with Crippen molar-refractivity contribution in [1.82, 2.24) is 9.88 Å². The molecular weight excluding hydrogens is 288 g/mol. The van der Waals surface area contributed by atoms with Gasteiger partial charge >= 0.3 is 0 Å². The summed E-state index contributed by atoms with van der Waals surface area (Å²) in [5.74, 6) is 0.987. The molecule has 0 bridgehead atoms. The number of likely N-dealkylation sites (tertiary alicyclic amines) is 1. The van der Waals surface area contributed by atoms with Gasteiger partial charge in [-0.05, 0) is 50.1 Å². The molecule has 0 radical (unpaired) electrons. The lowest BCUT2D eigenvalue weighted by Crippen LogP contribution is -2.24. The van der Waals surface area contributed by atoms with Crippen LogP contribution in [0.2, 0.25) is 5.02 Å². The second kappa shape index (κ2) is 6.18. The van der Waals surface area contributed by atoms with E-state index in [9.17, 15) is 5.11 Å². The van der Waals surface area contributed by atoms with Gasteiger partial charge in [-0.2, -0.15) is 0 Å². The van der Waals surface area contributed by atoms with Crippen molar-refractivity contribution in [3.05, 3.63) is 41.2 Å². The Labute approximate surface area is 129 Å². The zero-order chi connectivity index (χ0) is 14.8. The van der Waals surface area contributed by atoms with Crippen LogP contribution in [-0.4, -0.2) is 34.2 Å². The van der Waals surface area contributed by atoms with Crippen LogP contribution in [0.3, 0.4) is 0 Å². The summed E-state index contributed by atoms with van der Waals surface area (Å²) in [7, 11) is 0. The molecule has 1 aromatic heterocycles. The first kappa shape index (κ1) is 14.6. The number of oxazole rings is 1. The predicted molar refractivity (Wildman–Crippen MR) is 82.0 cm³/mol. The highest BCUT2D eigenvalue weighted by Crippen LogP contribution is 2.24. The van der Waals surface area contributed by atoms with Crippen molar-refractivity contribution in [2.24, 2.45) is 5.92 Å². The Hall–Kier alpha value is -1.36. The molecule has 0 saturated carbocycles. The van der Waals surface area contributed by atoms with Gasteiger partial charge in [-0.15, -0.1) is 0 Å². The monoisotopic (exact) mass is 306 g/mol. The summed E-state index contributed by atoms with van der Waals surface area (Å²) >= 11 is 5.88. The summed E-state index contributed by atoms with van der Waals surface area (Å²) in [5.41, 5.74) is 1.85. The zero-order valence-corrected chi connectivity index (χ0v) is 12.8. The van der Waals surface area contributed by atoms with Gasteiger partial charge in [-0.25, -0.2) is 4.98 Å². The number of benzene rings is 1. The fraction of sp³-hybridized carbons (Fsp3) is 0.438. The number of rotatable bonds is 4. The van der Waals surface area contributed by atoms with Crippen molar-refractivity contribution in [2.75, 3.05) is 13.1 Å². The van der Waals surface area contributed by atoms with Crippen LogP contribution in [-0.2, 0) is 6.54 Å². The second-order valence-electron chi connectivity index (χ2n) is 5.68. The van der Waals surface area contributed by atoms with Gasteiger partial charge in [0.15, 0.2) is 0 Å². The second-order valence-corrected chi connectivity index (χ2v) is 6.11. The number of hydrogen-bond donors (Lipinski definition) is 1. The van der Waals surface area contributed by atoms with Crippen molar-refractivity contribution in [1.29, 1.82) is 0 Å². The normalized spacial score (nSPS) is 20.8. The molecule has 1 N–H and O–H groups in total. The maximum atomic E-state index is 9.64. The Morgan fingerprint density at radius 2 is 2.19 bits per heavy atom. The van der Waals surface area contributed by atoms with Gasteiger partial charge in [-0.1, -0.05) is 11.6 Å². The van der Waals surface area contributed by atoms with Gasteiger partial charge in [0.1, 0.15) is 6.26 Å². The molecule has 4 nitrogen and oxygen atoms in total. The molecule has 0 aliphatic carbocycles. The molecule has 1 aromatic carbocycles. The Balaban J connectivity index is 1.64. The Morgan fingerprint density at radius 3 is 2.86 bits per heavy atom. The van der Waals surface area contributed by atoms with E-state index in [0.717, 1.165) is 37.3 Å². The highest BCUT2D eigenvalue weighted by atomic mass is 35.5. The Bertz CT molecular complexity index is 595. The summed E-state index contributed by atoms with van der Waals surface area (Å²) < 4.78 is 5.54. The van der Waals surface area contributed by atoms with Crippen LogP contribution in [0.4, 0.5) is 0 Å². The largest absolute Gasteiger partial charge is 0.444 e. The van der Waals surface area contributed by atoms with Crippen molar-refractivity contribution in [3.8, 4) is 11.5 Å². The molecule has 2 aromatic rings. The molecular formula is C16H19ClN2O2. The number of aliphatic hydroxyl groups is 1. The van der Waals surface area contributed by atoms with Gasteiger partial charge in [0.25, 0.3) is 0 Å². The van der Waals surface area contributed by atoms with Crippen molar-refractivity contribution < 1.29 is 9.52 Å². The minimum absolute atomic E-state index is 0.239. The third-order valence-corrected chi connectivity index (χ3v) is 4.27. The first-order chi connectivity index (χ1) is 10.1. The first-order valence-corrected chi connectivity index (χ1v) is 7.60. The maximum Gasteiger partial charge on any atom is 0.226 e. The maximum absolute atomic E-state index is 9.64. The number of aliphatic hydroxyl groups excluding tert-OH is 1. The molecule has 0 amide bonds. The molecule has 1 fully saturated rings. The van der Waals surface area contributed by atoms with E-state index in [4.69, 9.17) is 16.0 Å². The van der Waals surface area contributed by atoms with Gasteiger partial charge in [0, 0.05) is 23.7 Å². The van der Waals surface area contributed by atoms with Crippen LogP contribution in [0.1, 0.15) is 19.0 Å². The molecule has 2 unspecified atom stereocenters. The summed E-state index contributed by atoms with van der Waals surface area (Å²) in [4.78, 5) is 6.84. The molecule has 5 heteroatoms. The lowest BCUT2D eigenvalue weighted by atomic mass is 10.0. The predicted octanol–water partition coefficient (Wildman–Crippen LogP) is 3.20. The van der Waals surface area contributed by atoms with Crippen LogP contribution >= 0.6 is 11.6 Å². The summed E-state index contributed by atoms with van der Waals surface area (Å²) in [6.07, 6.45) is 2.51. The molecule has 1 aliphatic rings. The lowest BCUT2D eigenvalue weighted by Gasteiger charge is -2.15. The summed E-state index contributed by atoms with van der Waals surface area (Å²) in [6, 6.07) is 7.46. The van der Waals surface area contributed by atoms with Crippen LogP contribution in [0.25, 0.3) is 11.5 Å². The van der Waals surface area contributed by atoms with Crippen molar-refractivity contribution >= 4 is 11.6 Å². The molecule has 0 spiro atoms. The molecule has 3 rings (SSSR count). The van der Waals surface area contributed by atoms with Crippen LogP contribution in [0.15, 0.2) is 34.9 Å². The minimum atomic E-state index is -0.239. The zero-order valence-electron chi connectivity index (χ0n) is 12.0. The third-order valence-electron chi connectivity index (χ3n) is 4.02. The number of halogens is 1. The Kier molecular flexibility index (Phi) is 4.29. The molecule has 21 heavy (non-hydrogen) atoms. The number of aromatic nitrogens is 1. The molecule has 2 atom stereocenters. The molecule has 1 aliphatic heterocycles. The van der Waals surface area contributed by atoms with Gasteiger partial charge in [-0.3, -0.25) is 4.90 Å². The van der Waals surface area contributed by atoms with E-state index < -0.39 is 0 Å². The fourth-order valence-electron chi connectivity index (χ4n) is 2.73. The van der Waals surface area contributed by atoms with Crippen molar-refractivity contribution in [3.63, 3.8) is 0 Å². The average molecular weight is 307 g/mol. The minimum Gasteiger partial charge on any atom is -0.444 e. The highest BCUT2D eigenvalue weighted by molar-refractivity contribution is 6.30. The quantitative estimate of drug-likeness (QED) is 0.942. The molecule has 1 saturated heterocycles. The standard InChI is InChI=1S/C16H19ClN2O2/c1-11(20)13-6-7-19(8-13)9-15-10-21-16(18-15)12-2-4-14(17)5-3-12/h2-5,10-11,13,20H,6-9H2,1H3. The number of nitrogens with zero attached hydrogens (tertiary/aromatic N) is 2. The van der Waals surface area contributed by atoms with Crippen LogP contribution < -0.4 is 0 Å². The molecule has 2 heterocycles. The van der Waals surface area contributed by atoms with Gasteiger partial charge < -0.3 is 9.52 Å².